The number of anilines is 1. The molecule has 0 radical (unpaired) electrons. The third kappa shape index (κ3) is 1.95. The molecule has 0 aromatic carbocycles. The minimum atomic E-state index is 0.513. The van der Waals surface area contributed by atoms with Crippen molar-refractivity contribution in [1.29, 1.82) is 0 Å². The lowest BCUT2D eigenvalue weighted by molar-refractivity contribution is 0.397. The van der Waals surface area contributed by atoms with Crippen LogP contribution >= 0.6 is 0 Å². The summed E-state index contributed by atoms with van der Waals surface area (Å²) in [6.45, 7) is 2.50. The molecule has 4 heteroatoms. The molecule has 0 atom stereocenters. The van der Waals surface area contributed by atoms with Crippen LogP contribution < -0.4 is 10.6 Å². The zero-order chi connectivity index (χ0) is 10.8. The Kier molecular flexibility index (Phi) is 2.86. The molecule has 0 unspecified atom stereocenters. The lowest BCUT2D eigenvalue weighted by Crippen LogP contribution is -2.38. The van der Waals surface area contributed by atoms with Gasteiger partial charge in [-0.05, 0) is 26.2 Å². The van der Waals surface area contributed by atoms with Gasteiger partial charge in [0.05, 0.1) is 0 Å². The van der Waals surface area contributed by atoms with E-state index >= 15 is 0 Å². The largest absolute Gasteiger partial charge is 0.341 e. The first-order valence-electron chi connectivity index (χ1n) is 5.48. The van der Waals surface area contributed by atoms with Crippen LogP contribution in [0.5, 0.6) is 0 Å². The van der Waals surface area contributed by atoms with Gasteiger partial charge >= 0.3 is 0 Å². The van der Waals surface area contributed by atoms with Crippen molar-refractivity contribution in [3.8, 4) is 0 Å². The van der Waals surface area contributed by atoms with Gasteiger partial charge in [-0.15, -0.1) is 0 Å². The number of nitrogens with zero attached hydrogens (tertiary/aromatic N) is 3. The summed E-state index contributed by atoms with van der Waals surface area (Å²) in [4.78, 5) is 11.0. The number of aromatic nitrogens is 2. The summed E-state index contributed by atoms with van der Waals surface area (Å²) in [5.41, 5.74) is 7.60. The Morgan fingerprint density at radius 3 is 2.73 bits per heavy atom. The summed E-state index contributed by atoms with van der Waals surface area (Å²) in [5, 5.41) is 0. The highest BCUT2D eigenvalue weighted by Gasteiger charge is 2.23. The Hall–Kier alpha value is -1.16. The first kappa shape index (κ1) is 10.4. The van der Waals surface area contributed by atoms with Crippen molar-refractivity contribution in [3.63, 3.8) is 0 Å². The fraction of sp³-hybridized carbons (Fsp3) is 0.636. The summed E-state index contributed by atoms with van der Waals surface area (Å²) >= 11 is 0. The summed E-state index contributed by atoms with van der Waals surface area (Å²) in [5.74, 6) is 0.828. The molecule has 0 spiro atoms. The standard InChI is InChI=1S/C11H18N4/c1-8-9(6-12)7-13-11(14-8)15(2)10-4-3-5-10/h7,10H,3-6,12H2,1-2H3. The van der Waals surface area contributed by atoms with Crippen LogP contribution in [0.15, 0.2) is 6.20 Å². The monoisotopic (exact) mass is 206 g/mol. The summed E-state index contributed by atoms with van der Waals surface area (Å²) in [6, 6.07) is 0.633. The van der Waals surface area contributed by atoms with Gasteiger partial charge in [0.15, 0.2) is 0 Å². The third-order valence-electron chi connectivity index (χ3n) is 3.23. The third-order valence-corrected chi connectivity index (χ3v) is 3.23. The van der Waals surface area contributed by atoms with Gasteiger partial charge in [-0.3, -0.25) is 0 Å². The van der Waals surface area contributed by atoms with Crippen LogP contribution in [0.1, 0.15) is 30.5 Å². The smallest absolute Gasteiger partial charge is 0.225 e. The lowest BCUT2D eigenvalue weighted by Gasteiger charge is -2.34. The van der Waals surface area contributed by atoms with Crippen molar-refractivity contribution in [1.82, 2.24) is 9.97 Å². The number of hydrogen-bond acceptors (Lipinski definition) is 4. The Balaban J connectivity index is 2.17. The predicted molar refractivity (Wildman–Crippen MR) is 60.7 cm³/mol. The molecule has 1 aromatic rings. The van der Waals surface area contributed by atoms with E-state index in [1.54, 1.807) is 0 Å². The second-order valence-electron chi connectivity index (χ2n) is 4.18. The molecule has 2 rings (SSSR count). The Bertz CT molecular complexity index is 346. The van der Waals surface area contributed by atoms with E-state index in [9.17, 15) is 0 Å². The van der Waals surface area contributed by atoms with E-state index in [4.69, 9.17) is 5.73 Å². The molecule has 4 nitrogen and oxygen atoms in total. The van der Waals surface area contributed by atoms with Crippen LogP contribution in [0.25, 0.3) is 0 Å². The molecule has 0 amide bonds. The van der Waals surface area contributed by atoms with Crippen LogP contribution in [0, 0.1) is 6.92 Å². The molecular weight excluding hydrogens is 188 g/mol. The van der Waals surface area contributed by atoms with E-state index in [1.807, 2.05) is 13.1 Å². The molecular formula is C11H18N4. The van der Waals surface area contributed by atoms with Gasteiger partial charge in [-0.2, -0.15) is 0 Å². The van der Waals surface area contributed by atoms with Crippen molar-refractivity contribution in [3.05, 3.63) is 17.5 Å². The Morgan fingerprint density at radius 2 is 2.27 bits per heavy atom. The first-order valence-corrected chi connectivity index (χ1v) is 5.48. The quantitative estimate of drug-likeness (QED) is 0.808. The van der Waals surface area contributed by atoms with Crippen molar-refractivity contribution in [2.75, 3.05) is 11.9 Å². The zero-order valence-electron chi connectivity index (χ0n) is 9.40. The number of nitrogens with two attached hydrogens (primary N) is 1. The second kappa shape index (κ2) is 4.14. The highest BCUT2D eigenvalue weighted by atomic mass is 15.3. The van der Waals surface area contributed by atoms with Gasteiger partial charge in [0.1, 0.15) is 0 Å². The van der Waals surface area contributed by atoms with E-state index in [-0.39, 0.29) is 0 Å². The van der Waals surface area contributed by atoms with Crippen LogP contribution in [-0.2, 0) is 6.54 Å². The van der Waals surface area contributed by atoms with Gasteiger partial charge in [0, 0.05) is 37.1 Å². The minimum Gasteiger partial charge on any atom is -0.341 e. The van der Waals surface area contributed by atoms with E-state index in [1.165, 1.54) is 19.3 Å². The van der Waals surface area contributed by atoms with Gasteiger partial charge in [0.25, 0.3) is 0 Å². The molecule has 1 aliphatic rings. The average Bonchev–Trinajstić information content (AvgIpc) is 2.15. The van der Waals surface area contributed by atoms with E-state index < -0.39 is 0 Å². The van der Waals surface area contributed by atoms with Crippen LogP contribution in [0.3, 0.4) is 0 Å². The average molecular weight is 206 g/mol. The topological polar surface area (TPSA) is 55.0 Å². The van der Waals surface area contributed by atoms with Crippen molar-refractivity contribution < 1.29 is 0 Å². The minimum absolute atomic E-state index is 0.513. The fourth-order valence-corrected chi connectivity index (χ4v) is 1.79. The fourth-order valence-electron chi connectivity index (χ4n) is 1.79. The molecule has 0 saturated heterocycles. The Morgan fingerprint density at radius 1 is 1.53 bits per heavy atom. The van der Waals surface area contributed by atoms with E-state index in [0.717, 1.165) is 17.2 Å². The summed E-state index contributed by atoms with van der Waals surface area (Å²) in [7, 11) is 2.07. The summed E-state index contributed by atoms with van der Waals surface area (Å²) in [6.07, 6.45) is 5.69. The molecule has 2 N–H and O–H groups in total. The molecule has 15 heavy (non-hydrogen) atoms. The molecule has 1 aromatic heterocycles. The molecule has 1 fully saturated rings. The maximum atomic E-state index is 5.58. The first-order chi connectivity index (χ1) is 7.22. The van der Waals surface area contributed by atoms with Gasteiger partial charge in [-0.1, -0.05) is 0 Å². The van der Waals surface area contributed by atoms with Crippen molar-refractivity contribution >= 4 is 5.95 Å². The van der Waals surface area contributed by atoms with Gasteiger partial charge in [-0.25, -0.2) is 9.97 Å². The number of aryl methyl sites for hydroxylation is 1. The van der Waals surface area contributed by atoms with Crippen molar-refractivity contribution in [2.45, 2.75) is 38.8 Å². The van der Waals surface area contributed by atoms with Crippen LogP contribution in [0.2, 0.25) is 0 Å². The summed E-state index contributed by atoms with van der Waals surface area (Å²) < 4.78 is 0. The maximum Gasteiger partial charge on any atom is 0.225 e. The highest BCUT2D eigenvalue weighted by molar-refractivity contribution is 5.33. The normalized spacial score (nSPS) is 16.2. The molecule has 1 saturated carbocycles. The molecule has 0 bridgehead atoms. The second-order valence-corrected chi connectivity index (χ2v) is 4.18. The van der Waals surface area contributed by atoms with Gasteiger partial charge < -0.3 is 10.6 Å². The van der Waals surface area contributed by atoms with Gasteiger partial charge in [0.2, 0.25) is 5.95 Å². The number of rotatable bonds is 3. The molecule has 82 valence electrons. The van der Waals surface area contributed by atoms with E-state index in [0.29, 0.717) is 12.6 Å². The Labute approximate surface area is 90.5 Å². The molecule has 0 aliphatic heterocycles. The zero-order valence-corrected chi connectivity index (χ0v) is 9.40. The molecule has 1 heterocycles. The maximum absolute atomic E-state index is 5.58. The molecule has 1 aliphatic carbocycles. The number of hydrogen-bond donors (Lipinski definition) is 1. The SMILES string of the molecule is Cc1nc(N(C)C2CCC2)ncc1CN. The predicted octanol–water partition coefficient (Wildman–Crippen LogP) is 1.23. The highest BCUT2D eigenvalue weighted by Crippen LogP contribution is 2.26. The lowest BCUT2D eigenvalue weighted by atomic mass is 9.92. The van der Waals surface area contributed by atoms with Crippen LogP contribution in [-0.4, -0.2) is 23.1 Å². The van der Waals surface area contributed by atoms with E-state index in [2.05, 4.69) is 21.9 Å². The van der Waals surface area contributed by atoms with Crippen LogP contribution in [0.4, 0.5) is 5.95 Å². The van der Waals surface area contributed by atoms with Crippen molar-refractivity contribution in [2.24, 2.45) is 5.73 Å².